The van der Waals surface area contributed by atoms with E-state index in [1.165, 1.54) is 0 Å². The van der Waals surface area contributed by atoms with Gasteiger partial charge in [-0.05, 0) is 54.9 Å². The normalized spacial score (nSPS) is 12.3. The van der Waals surface area contributed by atoms with Gasteiger partial charge in [-0.15, -0.1) is 0 Å². The molecule has 0 saturated carbocycles. The van der Waals surface area contributed by atoms with Crippen LogP contribution in [0.2, 0.25) is 0 Å². The molecule has 1 unspecified atom stereocenters. The Labute approximate surface area is 140 Å². The lowest BCUT2D eigenvalue weighted by molar-refractivity contribution is 0.0747. The highest BCUT2D eigenvalue weighted by atomic mass is 79.9. The second-order valence-corrected chi connectivity index (χ2v) is 6.43. The second-order valence-electron chi connectivity index (χ2n) is 5.57. The number of carbonyl (C=O) groups is 1. The fourth-order valence-corrected chi connectivity index (χ4v) is 2.99. The zero-order chi connectivity index (χ0) is 16.4. The molecule has 1 heterocycles. The first kappa shape index (κ1) is 16.8. The van der Waals surface area contributed by atoms with E-state index in [-0.39, 0.29) is 11.9 Å². The Balaban J connectivity index is 2.48. The molecule has 22 heavy (non-hydrogen) atoms. The number of aromatic nitrogens is 1. The third-order valence-corrected chi connectivity index (χ3v) is 4.75. The number of nitrogens with zero attached hydrogens (tertiary/aromatic N) is 2. The lowest BCUT2D eigenvalue weighted by atomic mass is 10.2. The molecular formula is C17H22BrN3O. The van der Waals surface area contributed by atoms with Crippen LogP contribution in [0.5, 0.6) is 0 Å². The lowest BCUT2D eigenvalue weighted by Gasteiger charge is -2.23. The second kappa shape index (κ2) is 6.67. The number of nitrogens with two attached hydrogens (primary N) is 1. The minimum Gasteiger partial charge on any atom is -0.338 e. The molecule has 0 bridgehead atoms. The van der Waals surface area contributed by atoms with Gasteiger partial charge in [0, 0.05) is 35.5 Å². The van der Waals surface area contributed by atoms with E-state index in [9.17, 15) is 4.79 Å². The van der Waals surface area contributed by atoms with E-state index in [0.29, 0.717) is 6.54 Å². The van der Waals surface area contributed by atoms with Gasteiger partial charge in [0.15, 0.2) is 0 Å². The summed E-state index contributed by atoms with van der Waals surface area (Å²) in [5.74, 6) is 0.00403. The Kier molecular flexibility index (Phi) is 5.08. The van der Waals surface area contributed by atoms with Gasteiger partial charge < -0.3 is 15.2 Å². The molecule has 1 atom stereocenters. The van der Waals surface area contributed by atoms with Crippen LogP contribution in [0, 0.1) is 13.8 Å². The summed E-state index contributed by atoms with van der Waals surface area (Å²) in [6.07, 6.45) is 0. The van der Waals surface area contributed by atoms with Crippen molar-refractivity contribution in [2.45, 2.75) is 26.8 Å². The van der Waals surface area contributed by atoms with Crippen LogP contribution in [0.4, 0.5) is 0 Å². The lowest BCUT2D eigenvalue weighted by Crippen LogP contribution is -2.39. The first-order valence-electron chi connectivity index (χ1n) is 7.29. The predicted molar refractivity (Wildman–Crippen MR) is 93.6 cm³/mol. The van der Waals surface area contributed by atoms with Gasteiger partial charge in [0.2, 0.25) is 0 Å². The molecule has 0 aliphatic rings. The van der Waals surface area contributed by atoms with Crippen molar-refractivity contribution in [1.29, 1.82) is 0 Å². The van der Waals surface area contributed by atoms with Crippen molar-refractivity contribution in [2.24, 2.45) is 5.73 Å². The quantitative estimate of drug-likeness (QED) is 0.905. The summed E-state index contributed by atoms with van der Waals surface area (Å²) >= 11 is 3.58. The maximum atomic E-state index is 12.7. The Bertz CT molecular complexity index is 693. The van der Waals surface area contributed by atoms with Gasteiger partial charge in [0.05, 0.1) is 11.3 Å². The van der Waals surface area contributed by atoms with Crippen molar-refractivity contribution in [3.05, 3.63) is 51.8 Å². The van der Waals surface area contributed by atoms with Gasteiger partial charge in [0.1, 0.15) is 0 Å². The Morgan fingerprint density at radius 3 is 2.59 bits per heavy atom. The first-order valence-corrected chi connectivity index (χ1v) is 8.08. The number of halogens is 1. The van der Waals surface area contributed by atoms with E-state index in [1.54, 1.807) is 11.9 Å². The number of para-hydroxylation sites is 1. The molecule has 118 valence electrons. The van der Waals surface area contributed by atoms with Crippen molar-refractivity contribution in [1.82, 2.24) is 9.47 Å². The van der Waals surface area contributed by atoms with Crippen molar-refractivity contribution in [3.8, 4) is 5.69 Å². The van der Waals surface area contributed by atoms with Crippen LogP contribution >= 0.6 is 15.9 Å². The summed E-state index contributed by atoms with van der Waals surface area (Å²) in [6.45, 7) is 6.38. The summed E-state index contributed by atoms with van der Waals surface area (Å²) in [6, 6.07) is 9.95. The average Bonchev–Trinajstić information content (AvgIpc) is 2.80. The number of hydrogen-bond acceptors (Lipinski definition) is 2. The van der Waals surface area contributed by atoms with Crippen LogP contribution in [0.1, 0.15) is 28.7 Å². The molecule has 0 fully saturated rings. The monoisotopic (exact) mass is 363 g/mol. The molecule has 1 aromatic heterocycles. The van der Waals surface area contributed by atoms with E-state index in [1.807, 2.05) is 51.1 Å². The predicted octanol–water partition coefficient (Wildman–Crippen LogP) is 3.28. The molecule has 1 aromatic carbocycles. The molecule has 5 heteroatoms. The molecule has 0 aliphatic heterocycles. The van der Waals surface area contributed by atoms with Gasteiger partial charge in [-0.1, -0.05) is 12.1 Å². The highest BCUT2D eigenvalue weighted by Gasteiger charge is 2.22. The van der Waals surface area contributed by atoms with E-state index >= 15 is 0 Å². The van der Waals surface area contributed by atoms with E-state index in [4.69, 9.17) is 5.73 Å². The molecular weight excluding hydrogens is 342 g/mol. The molecule has 0 radical (unpaired) electrons. The number of hydrogen-bond donors (Lipinski definition) is 1. The molecule has 0 aliphatic carbocycles. The maximum Gasteiger partial charge on any atom is 0.255 e. The molecule has 2 N–H and O–H groups in total. The fourth-order valence-electron chi connectivity index (χ4n) is 2.53. The molecule has 2 aromatic rings. The Morgan fingerprint density at radius 2 is 2.00 bits per heavy atom. The average molecular weight is 364 g/mol. The summed E-state index contributed by atoms with van der Waals surface area (Å²) < 4.78 is 3.10. The van der Waals surface area contributed by atoms with Crippen molar-refractivity contribution in [3.63, 3.8) is 0 Å². The fraction of sp³-hybridized carbons (Fsp3) is 0.353. The number of likely N-dealkylation sites (N-methyl/N-ethyl adjacent to an activating group) is 1. The molecule has 2 rings (SSSR count). The van der Waals surface area contributed by atoms with Gasteiger partial charge in [-0.25, -0.2) is 0 Å². The number of benzene rings is 1. The number of amides is 1. The topological polar surface area (TPSA) is 51.3 Å². The number of carbonyl (C=O) groups excluding carboxylic acids is 1. The standard InChI is InChI=1S/C17H22BrN3O/c1-11-9-14(17(22)20(4)12(2)10-19)13(3)21(11)16-8-6-5-7-15(16)18/h5-9,12H,10,19H2,1-4H3. The van der Waals surface area contributed by atoms with Gasteiger partial charge in [-0.3, -0.25) is 4.79 Å². The van der Waals surface area contributed by atoms with Crippen LogP contribution in [-0.4, -0.2) is 35.0 Å². The third-order valence-electron chi connectivity index (χ3n) is 4.08. The van der Waals surface area contributed by atoms with Crippen LogP contribution in [-0.2, 0) is 0 Å². The van der Waals surface area contributed by atoms with E-state index < -0.39 is 0 Å². The largest absolute Gasteiger partial charge is 0.338 e. The molecule has 4 nitrogen and oxygen atoms in total. The van der Waals surface area contributed by atoms with Crippen LogP contribution < -0.4 is 5.73 Å². The van der Waals surface area contributed by atoms with Crippen molar-refractivity contribution >= 4 is 21.8 Å². The zero-order valence-electron chi connectivity index (χ0n) is 13.4. The summed E-state index contributed by atoms with van der Waals surface area (Å²) in [5, 5.41) is 0. The van der Waals surface area contributed by atoms with Gasteiger partial charge in [0.25, 0.3) is 5.91 Å². The zero-order valence-corrected chi connectivity index (χ0v) is 15.0. The third kappa shape index (κ3) is 2.96. The Morgan fingerprint density at radius 1 is 1.36 bits per heavy atom. The number of aryl methyl sites for hydroxylation is 1. The maximum absolute atomic E-state index is 12.7. The summed E-state index contributed by atoms with van der Waals surface area (Å²) in [7, 11) is 1.80. The first-order chi connectivity index (χ1) is 10.4. The van der Waals surface area contributed by atoms with Crippen LogP contribution in [0.25, 0.3) is 5.69 Å². The van der Waals surface area contributed by atoms with Crippen LogP contribution in [0.15, 0.2) is 34.8 Å². The molecule has 0 saturated heterocycles. The molecule has 1 amide bonds. The van der Waals surface area contributed by atoms with Crippen molar-refractivity contribution in [2.75, 3.05) is 13.6 Å². The highest BCUT2D eigenvalue weighted by Crippen LogP contribution is 2.27. The van der Waals surface area contributed by atoms with Crippen molar-refractivity contribution < 1.29 is 4.79 Å². The summed E-state index contributed by atoms with van der Waals surface area (Å²) in [5.41, 5.74) is 9.38. The SMILES string of the molecule is Cc1cc(C(=O)N(C)C(C)CN)c(C)n1-c1ccccc1Br. The molecule has 0 spiro atoms. The van der Waals surface area contributed by atoms with Gasteiger partial charge >= 0.3 is 0 Å². The number of rotatable bonds is 4. The smallest absolute Gasteiger partial charge is 0.255 e. The highest BCUT2D eigenvalue weighted by molar-refractivity contribution is 9.10. The van der Waals surface area contributed by atoms with E-state index in [0.717, 1.165) is 27.1 Å². The van der Waals surface area contributed by atoms with E-state index in [2.05, 4.69) is 20.5 Å². The minimum absolute atomic E-state index is 0.00403. The summed E-state index contributed by atoms with van der Waals surface area (Å²) in [4.78, 5) is 14.4. The Hall–Kier alpha value is -1.59. The van der Waals surface area contributed by atoms with Crippen LogP contribution in [0.3, 0.4) is 0 Å². The van der Waals surface area contributed by atoms with Gasteiger partial charge in [-0.2, -0.15) is 0 Å². The minimum atomic E-state index is 0.00403.